The summed E-state index contributed by atoms with van der Waals surface area (Å²) in [6.07, 6.45) is 3.33. The van der Waals surface area contributed by atoms with Gasteiger partial charge in [0.2, 0.25) is 0 Å². The number of amides is 1. The Morgan fingerprint density at radius 3 is 2.57 bits per heavy atom. The van der Waals surface area contributed by atoms with Crippen LogP contribution in [-0.4, -0.2) is 18.6 Å². The molecule has 0 spiro atoms. The summed E-state index contributed by atoms with van der Waals surface area (Å²) >= 11 is 0. The molecule has 0 heterocycles. The smallest absolute Gasteiger partial charge is 0.255 e. The van der Waals surface area contributed by atoms with Crippen LogP contribution in [-0.2, 0) is 0 Å². The zero-order valence-corrected chi connectivity index (χ0v) is 13.2. The molecule has 3 N–H and O–H groups in total. The zero-order chi connectivity index (χ0) is 15.4. The summed E-state index contributed by atoms with van der Waals surface area (Å²) in [6, 6.07) is 5.56. The minimum absolute atomic E-state index is 0.0861. The molecule has 1 amide bonds. The summed E-state index contributed by atoms with van der Waals surface area (Å²) in [5.74, 6) is 1.73. The van der Waals surface area contributed by atoms with Crippen LogP contribution in [0.3, 0.4) is 0 Å². The number of hydrogen-bond donors (Lipinski definition) is 2. The van der Waals surface area contributed by atoms with Gasteiger partial charge in [-0.05, 0) is 50.2 Å². The molecule has 1 aromatic rings. The van der Waals surface area contributed by atoms with Gasteiger partial charge in [-0.2, -0.15) is 0 Å². The highest BCUT2D eigenvalue weighted by Gasteiger charge is 2.26. The van der Waals surface area contributed by atoms with E-state index in [1.54, 1.807) is 18.2 Å². The van der Waals surface area contributed by atoms with E-state index in [-0.39, 0.29) is 11.9 Å². The minimum Gasteiger partial charge on any atom is -0.491 e. The van der Waals surface area contributed by atoms with Gasteiger partial charge in [0.25, 0.3) is 5.91 Å². The van der Waals surface area contributed by atoms with Gasteiger partial charge >= 0.3 is 0 Å². The molecule has 21 heavy (non-hydrogen) atoms. The number of nitrogens with two attached hydrogens (primary N) is 1. The number of carbonyl (C=O) groups excluding carboxylic acids is 1. The first-order chi connectivity index (χ1) is 10.0. The average Bonchev–Trinajstić information content (AvgIpc) is 2.40. The molecule has 0 saturated heterocycles. The van der Waals surface area contributed by atoms with E-state index in [2.05, 4.69) is 19.2 Å². The summed E-state index contributed by atoms with van der Waals surface area (Å²) in [7, 11) is 0. The molecule has 1 aliphatic carbocycles. The Labute approximate surface area is 127 Å². The van der Waals surface area contributed by atoms with Crippen molar-refractivity contribution in [3.63, 3.8) is 0 Å². The van der Waals surface area contributed by atoms with Crippen LogP contribution in [0.15, 0.2) is 18.2 Å². The molecule has 1 aromatic carbocycles. The van der Waals surface area contributed by atoms with E-state index in [1.165, 1.54) is 6.42 Å². The standard InChI is InChI=1S/C17H26N2O2/c1-4-21-16-14(6-5-7-15(16)18)17(20)19-13-9-11(2)8-12(3)10-13/h5-7,11-13H,4,8-10,18H2,1-3H3,(H,19,20). The van der Waals surface area contributed by atoms with Gasteiger partial charge in [0.1, 0.15) is 0 Å². The number of carbonyl (C=O) groups is 1. The first-order valence-corrected chi connectivity index (χ1v) is 7.83. The Morgan fingerprint density at radius 2 is 1.95 bits per heavy atom. The largest absolute Gasteiger partial charge is 0.491 e. The topological polar surface area (TPSA) is 64.3 Å². The molecular weight excluding hydrogens is 264 g/mol. The summed E-state index contributed by atoms with van der Waals surface area (Å²) in [5.41, 5.74) is 6.96. The fraction of sp³-hybridized carbons (Fsp3) is 0.588. The van der Waals surface area contributed by atoms with Crippen molar-refractivity contribution in [2.24, 2.45) is 11.8 Å². The van der Waals surface area contributed by atoms with E-state index >= 15 is 0 Å². The van der Waals surface area contributed by atoms with Crippen LogP contribution in [0.25, 0.3) is 0 Å². The normalized spacial score (nSPS) is 25.4. The number of ether oxygens (including phenoxy) is 1. The maximum atomic E-state index is 12.5. The molecule has 2 unspecified atom stereocenters. The van der Waals surface area contributed by atoms with Crippen LogP contribution in [0.1, 0.15) is 50.4 Å². The number of anilines is 1. The molecule has 1 saturated carbocycles. The van der Waals surface area contributed by atoms with E-state index in [0.717, 1.165) is 12.8 Å². The molecule has 4 heteroatoms. The average molecular weight is 290 g/mol. The highest BCUT2D eigenvalue weighted by atomic mass is 16.5. The molecular formula is C17H26N2O2. The predicted octanol–water partition coefficient (Wildman–Crippen LogP) is 3.22. The first kappa shape index (κ1) is 15.7. The number of rotatable bonds is 4. The van der Waals surface area contributed by atoms with Crippen molar-refractivity contribution in [1.82, 2.24) is 5.32 Å². The SMILES string of the molecule is CCOc1c(N)cccc1C(=O)NC1CC(C)CC(C)C1. The lowest BCUT2D eigenvalue weighted by atomic mass is 9.80. The Kier molecular flexibility index (Phi) is 5.10. The van der Waals surface area contributed by atoms with E-state index in [0.29, 0.717) is 35.4 Å². The number of para-hydroxylation sites is 1. The van der Waals surface area contributed by atoms with E-state index in [1.807, 2.05) is 6.92 Å². The van der Waals surface area contributed by atoms with Crippen LogP contribution < -0.4 is 15.8 Å². The Balaban J connectivity index is 2.11. The molecule has 0 aliphatic heterocycles. The summed E-state index contributed by atoms with van der Waals surface area (Å²) in [6.45, 7) is 6.88. The van der Waals surface area contributed by atoms with Crippen molar-refractivity contribution in [3.8, 4) is 5.75 Å². The monoisotopic (exact) mass is 290 g/mol. The van der Waals surface area contributed by atoms with Crippen molar-refractivity contribution in [3.05, 3.63) is 23.8 Å². The fourth-order valence-electron chi connectivity index (χ4n) is 3.37. The summed E-state index contributed by atoms with van der Waals surface area (Å²) < 4.78 is 5.53. The molecule has 0 radical (unpaired) electrons. The van der Waals surface area contributed by atoms with Crippen molar-refractivity contribution in [2.45, 2.75) is 46.1 Å². The van der Waals surface area contributed by atoms with Gasteiger partial charge in [-0.1, -0.05) is 19.9 Å². The van der Waals surface area contributed by atoms with Gasteiger partial charge in [0.05, 0.1) is 17.9 Å². The van der Waals surface area contributed by atoms with Crippen LogP contribution in [0.2, 0.25) is 0 Å². The number of nitrogens with one attached hydrogen (secondary N) is 1. The van der Waals surface area contributed by atoms with E-state index in [4.69, 9.17) is 10.5 Å². The van der Waals surface area contributed by atoms with E-state index in [9.17, 15) is 4.79 Å². The third-order valence-corrected chi connectivity index (χ3v) is 4.09. The second-order valence-electron chi connectivity index (χ2n) is 6.24. The second-order valence-corrected chi connectivity index (χ2v) is 6.24. The number of nitrogen functional groups attached to an aromatic ring is 1. The van der Waals surface area contributed by atoms with Crippen LogP contribution in [0.5, 0.6) is 5.75 Å². The van der Waals surface area contributed by atoms with Crippen LogP contribution >= 0.6 is 0 Å². The van der Waals surface area contributed by atoms with Gasteiger partial charge < -0.3 is 15.8 Å². The lowest BCUT2D eigenvalue weighted by Crippen LogP contribution is -2.40. The quantitative estimate of drug-likeness (QED) is 0.837. The van der Waals surface area contributed by atoms with Crippen molar-refractivity contribution in [1.29, 1.82) is 0 Å². The summed E-state index contributed by atoms with van der Waals surface area (Å²) in [5, 5.41) is 3.15. The molecule has 0 aromatic heterocycles. The minimum atomic E-state index is -0.0861. The van der Waals surface area contributed by atoms with Crippen LogP contribution in [0.4, 0.5) is 5.69 Å². The highest BCUT2D eigenvalue weighted by Crippen LogP contribution is 2.30. The number of benzene rings is 1. The van der Waals surface area contributed by atoms with Crippen molar-refractivity contribution < 1.29 is 9.53 Å². The second kappa shape index (κ2) is 6.83. The third-order valence-electron chi connectivity index (χ3n) is 4.09. The zero-order valence-electron chi connectivity index (χ0n) is 13.2. The third kappa shape index (κ3) is 3.90. The maximum absolute atomic E-state index is 12.5. The molecule has 0 bridgehead atoms. The molecule has 1 fully saturated rings. The lowest BCUT2D eigenvalue weighted by Gasteiger charge is -2.32. The number of hydrogen-bond acceptors (Lipinski definition) is 3. The lowest BCUT2D eigenvalue weighted by molar-refractivity contribution is 0.0907. The molecule has 2 rings (SSSR count). The fourth-order valence-corrected chi connectivity index (χ4v) is 3.37. The highest BCUT2D eigenvalue weighted by molar-refractivity contribution is 5.98. The Hall–Kier alpha value is -1.71. The molecule has 4 nitrogen and oxygen atoms in total. The Morgan fingerprint density at radius 1 is 1.29 bits per heavy atom. The first-order valence-electron chi connectivity index (χ1n) is 7.83. The van der Waals surface area contributed by atoms with Gasteiger partial charge in [-0.15, -0.1) is 0 Å². The maximum Gasteiger partial charge on any atom is 0.255 e. The molecule has 1 aliphatic rings. The molecule has 116 valence electrons. The molecule has 2 atom stereocenters. The van der Waals surface area contributed by atoms with Crippen LogP contribution in [0, 0.1) is 11.8 Å². The van der Waals surface area contributed by atoms with Gasteiger partial charge in [0, 0.05) is 6.04 Å². The van der Waals surface area contributed by atoms with Crippen molar-refractivity contribution >= 4 is 11.6 Å². The van der Waals surface area contributed by atoms with Crippen molar-refractivity contribution in [2.75, 3.05) is 12.3 Å². The van der Waals surface area contributed by atoms with E-state index < -0.39 is 0 Å². The van der Waals surface area contributed by atoms with Gasteiger partial charge in [-0.25, -0.2) is 0 Å². The van der Waals surface area contributed by atoms with Gasteiger partial charge in [0.15, 0.2) is 5.75 Å². The Bertz CT molecular complexity index is 492. The van der Waals surface area contributed by atoms with Gasteiger partial charge in [-0.3, -0.25) is 4.79 Å². The predicted molar refractivity (Wildman–Crippen MR) is 85.5 cm³/mol. The summed E-state index contributed by atoms with van der Waals surface area (Å²) in [4.78, 5) is 12.5.